The van der Waals surface area contributed by atoms with E-state index in [-0.39, 0.29) is 35.5 Å². The number of ketones is 3. The molecule has 0 radical (unpaired) electrons. The van der Waals surface area contributed by atoms with Crippen molar-refractivity contribution in [2.24, 2.45) is 5.92 Å². The zero-order chi connectivity index (χ0) is 29.0. The number of hydrogen-bond donors (Lipinski definition) is 3. The molecule has 1 aliphatic carbocycles. The van der Waals surface area contributed by atoms with E-state index < -0.39 is 0 Å². The molecule has 0 aliphatic heterocycles. The van der Waals surface area contributed by atoms with Crippen molar-refractivity contribution in [1.29, 1.82) is 0 Å². The standard InChI is InChI=1S/C11H21NO.2C10H14N2O/c1-9(13)11(12-2)8-10-6-4-3-5-7-10;1-8(13)10(11-2)7-9-3-5-12-6-4-9;1-8(13)10(11-2)6-9-4-3-5-12-7-9/h10-12H,3-8H2,1-2H3;3-6,10-11H,7H2,1-2H3;3-5,7,10-11H,6H2,1-2H3/t11-;2*10-/m111/s1. The molecule has 39 heavy (non-hydrogen) atoms. The highest BCUT2D eigenvalue weighted by Crippen LogP contribution is 2.27. The summed E-state index contributed by atoms with van der Waals surface area (Å²) in [5.41, 5.74) is 2.21. The first-order valence-electron chi connectivity index (χ1n) is 14.0. The van der Waals surface area contributed by atoms with Gasteiger partial charge in [-0.15, -0.1) is 0 Å². The Morgan fingerprint density at radius 3 is 1.67 bits per heavy atom. The molecule has 0 saturated heterocycles. The summed E-state index contributed by atoms with van der Waals surface area (Å²) in [6, 6.07) is 7.62. The van der Waals surface area contributed by atoms with Gasteiger partial charge in [0.2, 0.25) is 0 Å². The number of nitrogens with one attached hydrogen (secondary N) is 3. The third-order valence-electron chi connectivity index (χ3n) is 7.16. The van der Waals surface area contributed by atoms with E-state index in [4.69, 9.17) is 0 Å². The molecule has 2 heterocycles. The number of hydrogen-bond acceptors (Lipinski definition) is 8. The number of carbonyl (C=O) groups is 3. The minimum atomic E-state index is -0.0933. The summed E-state index contributed by atoms with van der Waals surface area (Å²) in [4.78, 5) is 41.3. The van der Waals surface area contributed by atoms with Gasteiger partial charge < -0.3 is 16.0 Å². The molecule has 2 aromatic rings. The van der Waals surface area contributed by atoms with Gasteiger partial charge in [0.15, 0.2) is 0 Å². The van der Waals surface area contributed by atoms with Crippen molar-refractivity contribution in [1.82, 2.24) is 25.9 Å². The van der Waals surface area contributed by atoms with Crippen LogP contribution in [0.3, 0.4) is 0 Å². The van der Waals surface area contributed by atoms with E-state index in [9.17, 15) is 14.4 Å². The molecule has 216 valence electrons. The van der Waals surface area contributed by atoms with Crippen LogP contribution in [0.1, 0.15) is 70.4 Å². The van der Waals surface area contributed by atoms with Crippen LogP contribution >= 0.6 is 0 Å². The van der Waals surface area contributed by atoms with Crippen molar-refractivity contribution < 1.29 is 14.4 Å². The predicted molar refractivity (Wildman–Crippen MR) is 158 cm³/mol. The number of rotatable bonds is 12. The monoisotopic (exact) mass is 539 g/mol. The van der Waals surface area contributed by atoms with Gasteiger partial charge in [0.1, 0.15) is 17.3 Å². The van der Waals surface area contributed by atoms with E-state index in [1.54, 1.807) is 59.7 Å². The number of aromatic nitrogens is 2. The van der Waals surface area contributed by atoms with Crippen LogP contribution in [0.2, 0.25) is 0 Å². The van der Waals surface area contributed by atoms with Gasteiger partial charge in [0, 0.05) is 24.8 Å². The van der Waals surface area contributed by atoms with E-state index in [1.807, 2.05) is 31.3 Å². The Labute approximate surface area is 235 Å². The number of pyridine rings is 2. The van der Waals surface area contributed by atoms with Gasteiger partial charge in [-0.25, -0.2) is 0 Å². The second kappa shape index (κ2) is 20.1. The lowest BCUT2D eigenvalue weighted by atomic mass is 9.84. The summed E-state index contributed by atoms with van der Waals surface area (Å²) < 4.78 is 0. The fraction of sp³-hybridized carbons (Fsp3) is 0.581. The smallest absolute Gasteiger partial charge is 0.147 e. The molecule has 3 atom stereocenters. The molecule has 3 rings (SSSR count). The summed E-state index contributed by atoms with van der Waals surface area (Å²) in [7, 11) is 5.48. The zero-order valence-electron chi connectivity index (χ0n) is 24.7. The molecule has 0 unspecified atom stereocenters. The van der Waals surface area contributed by atoms with E-state index in [1.165, 1.54) is 32.1 Å². The number of likely N-dealkylation sites (N-methyl/N-ethyl adjacent to an activating group) is 3. The van der Waals surface area contributed by atoms with E-state index in [0.717, 1.165) is 29.9 Å². The first-order chi connectivity index (χ1) is 18.7. The van der Waals surface area contributed by atoms with Crippen LogP contribution in [0.5, 0.6) is 0 Å². The van der Waals surface area contributed by atoms with Gasteiger partial charge in [0.25, 0.3) is 0 Å². The van der Waals surface area contributed by atoms with Gasteiger partial charge in [-0.05, 0) is 96.4 Å². The molecule has 0 aromatic carbocycles. The Hall–Kier alpha value is -2.81. The molecule has 1 aliphatic rings. The molecule has 0 bridgehead atoms. The topological polar surface area (TPSA) is 113 Å². The van der Waals surface area contributed by atoms with Crippen molar-refractivity contribution in [2.45, 2.75) is 90.3 Å². The van der Waals surface area contributed by atoms with Crippen LogP contribution < -0.4 is 16.0 Å². The Bertz CT molecular complexity index is 890. The SMILES string of the molecule is CN[C@H](CC1CCCCC1)C(C)=O.CN[C@H](Cc1cccnc1)C(C)=O.CN[C@H](Cc1ccncc1)C(C)=O. The first kappa shape index (κ1) is 34.2. The van der Waals surface area contributed by atoms with Crippen LogP contribution in [-0.2, 0) is 27.2 Å². The lowest BCUT2D eigenvalue weighted by Crippen LogP contribution is -2.34. The molecule has 2 aromatic heterocycles. The van der Waals surface area contributed by atoms with Gasteiger partial charge in [-0.1, -0.05) is 38.2 Å². The van der Waals surface area contributed by atoms with Gasteiger partial charge in [-0.3, -0.25) is 24.4 Å². The van der Waals surface area contributed by atoms with Crippen molar-refractivity contribution in [3.8, 4) is 0 Å². The molecule has 1 fully saturated rings. The molecule has 8 heteroatoms. The van der Waals surface area contributed by atoms with Gasteiger partial charge in [0.05, 0.1) is 18.1 Å². The Morgan fingerprint density at radius 2 is 1.23 bits per heavy atom. The highest BCUT2D eigenvalue weighted by atomic mass is 16.1. The number of Topliss-reactive ketones (excluding diaryl/α,β-unsaturated/α-hetero) is 3. The van der Waals surface area contributed by atoms with Gasteiger partial charge in [-0.2, -0.15) is 0 Å². The first-order valence-corrected chi connectivity index (χ1v) is 14.0. The lowest BCUT2D eigenvalue weighted by molar-refractivity contribution is -0.120. The molecule has 0 spiro atoms. The molecular formula is C31H49N5O3. The van der Waals surface area contributed by atoms with Crippen LogP contribution in [0.25, 0.3) is 0 Å². The maximum absolute atomic E-state index is 11.2. The molecule has 8 nitrogen and oxygen atoms in total. The fourth-order valence-corrected chi connectivity index (χ4v) is 4.65. The maximum Gasteiger partial charge on any atom is 0.147 e. The number of carbonyl (C=O) groups excluding carboxylic acids is 3. The summed E-state index contributed by atoms with van der Waals surface area (Å²) in [6.07, 6.45) is 16.2. The molecular weight excluding hydrogens is 490 g/mol. The predicted octanol–water partition coefficient (Wildman–Crippen LogP) is 3.74. The summed E-state index contributed by atoms with van der Waals surface area (Å²) in [5.74, 6) is 1.40. The fourth-order valence-electron chi connectivity index (χ4n) is 4.65. The normalized spacial score (nSPS) is 15.4. The van der Waals surface area contributed by atoms with Crippen LogP contribution in [0.15, 0.2) is 49.1 Å². The summed E-state index contributed by atoms with van der Waals surface area (Å²) in [6.45, 7) is 4.88. The van der Waals surface area contributed by atoms with E-state index >= 15 is 0 Å². The second-order valence-corrected chi connectivity index (χ2v) is 10.2. The molecule has 3 N–H and O–H groups in total. The van der Waals surface area contributed by atoms with E-state index in [0.29, 0.717) is 6.42 Å². The highest BCUT2D eigenvalue weighted by Gasteiger charge is 2.20. The minimum absolute atomic E-state index is 0.0811. The Kier molecular flexibility index (Phi) is 17.7. The number of nitrogens with zero attached hydrogens (tertiary/aromatic N) is 2. The Morgan fingerprint density at radius 1 is 0.718 bits per heavy atom. The molecule has 0 amide bonds. The largest absolute Gasteiger partial charge is 0.311 e. The van der Waals surface area contributed by atoms with Crippen molar-refractivity contribution in [3.05, 3.63) is 60.2 Å². The van der Waals surface area contributed by atoms with Crippen LogP contribution in [-0.4, -0.2) is 66.6 Å². The van der Waals surface area contributed by atoms with Gasteiger partial charge >= 0.3 is 0 Å². The lowest BCUT2D eigenvalue weighted by Gasteiger charge is -2.24. The average Bonchev–Trinajstić information content (AvgIpc) is 2.95. The Balaban J connectivity index is 0.000000292. The third-order valence-corrected chi connectivity index (χ3v) is 7.16. The summed E-state index contributed by atoms with van der Waals surface area (Å²) in [5, 5.41) is 9.05. The second-order valence-electron chi connectivity index (χ2n) is 10.2. The maximum atomic E-state index is 11.2. The summed E-state index contributed by atoms with van der Waals surface area (Å²) >= 11 is 0. The highest BCUT2D eigenvalue weighted by molar-refractivity contribution is 5.82. The van der Waals surface area contributed by atoms with Crippen molar-refractivity contribution >= 4 is 17.3 Å². The minimum Gasteiger partial charge on any atom is -0.311 e. The quantitative estimate of drug-likeness (QED) is 0.374. The average molecular weight is 540 g/mol. The van der Waals surface area contributed by atoms with Crippen LogP contribution in [0, 0.1) is 5.92 Å². The van der Waals surface area contributed by atoms with Crippen LogP contribution in [0.4, 0.5) is 0 Å². The van der Waals surface area contributed by atoms with Crippen molar-refractivity contribution in [2.75, 3.05) is 21.1 Å². The zero-order valence-corrected chi connectivity index (χ0v) is 24.7. The third kappa shape index (κ3) is 14.8. The van der Waals surface area contributed by atoms with E-state index in [2.05, 4.69) is 25.9 Å². The molecule has 1 saturated carbocycles. The van der Waals surface area contributed by atoms with Crippen molar-refractivity contribution in [3.63, 3.8) is 0 Å².